The predicted octanol–water partition coefficient (Wildman–Crippen LogP) is 14.4. The lowest BCUT2D eigenvalue weighted by Gasteiger charge is -2.16. The zero-order chi connectivity index (χ0) is 33.2. The molecule has 0 saturated carbocycles. The lowest BCUT2D eigenvalue weighted by Crippen LogP contribution is -1.90. The van der Waals surface area contributed by atoms with Crippen LogP contribution in [0.25, 0.3) is 120 Å². The third-order valence-corrected chi connectivity index (χ3v) is 11.3. The van der Waals surface area contributed by atoms with Crippen molar-refractivity contribution in [2.45, 2.75) is 0 Å². The maximum atomic E-state index is 6.95. The molecule has 0 bridgehead atoms. The van der Waals surface area contributed by atoms with Gasteiger partial charge in [-0.2, -0.15) is 0 Å². The Morgan fingerprint density at radius 2 is 0.863 bits per heavy atom. The van der Waals surface area contributed by atoms with E-state index >= 15 is 0 Å². The minimum Gasteiger partial charge on any atom is -0.455 e. The summed E-state index contributed by atoms with van der Waals surface area (Å²) in [5.41, 5.74) is 6.55. The van der Waals surface area contributed by atoms with Crippen LogP contribution in [-0.4, -0.2) is 0 Å². The minimum atomic E-state index is 0.911. The first-order chi connectivity index (χ1) is 25.3. The van der Waals surface area contributed by atoms with Crippen LogP contribution in [0.5, 0.6) is 0 Å². The average molecular weight is 645 g/mol. The molecule has 234 valence electrons. The van der Waals surface area contributed by atoms with Crippen molar-refractivity contribution >= 4 is 97.3 Å². The highest BCUT2D eigenvalue weighted by Crippen LogP contribution is 2.47. The molecule has 0 amide bonds. The van der Waals surface area contributed by atoms with E-state index in [2.05, 4.69) is 170 Å². The molecule has 1 heterocycles. The van der Waals surface area contributed by atoms with Crippen molar-refractivity contribution < 1.29 is 4.42 Å². The summed E-state index contributed by atoms with van der Waals surface area (Å²) < 4.78 is 6.95. The Kier molecular flexibility index (Phi) is 5.29. The molecule has 1 aromatic heterocycles. The van der Waals surface area contributed by atoms with Gasteiger partial charge in [-0.25, -0.2) is 0 Å². The van der Waals surface area contributed by atoms with Gasteiger partial charge in [0.15, 0.2) is 0 Å². The Balaban J connectivity index is 1.25. The van der Waals surface area contributed by atoms with Crippen LogP contribution in [0.2, 0.25) is 0 Å². The second-order valence-electron chi connectivity index (χ2n) is 14.0. The molecule has 0 spiro atoms. The molecule has 0 N–H and O–H groups in total. The molecule has 51 heavy (non-hydrogen) atoms. The van der Waals surface area contributed by atoms with E-state index in [0.29, 0.717) is 0 Å². The maximum absolute atomic E-state index is 6.95. The summed E-state index contributed by atoms with van der Waals surface area (Å²) in [5.74, 6) is 0. The largest absolute Gasteiger partial charge is 0.455 e. The van der Waals surface area contributed by atoms with Gasteiger partial charge in [0.2, 0.25) is 0 Å². The number of benzene rings is 11. The Morgan fingerprint density at radius 3 is 1.67 bits per heavy atom. The fourth-order valence-corrected chi connectivity index (χ4v) is 9.09. The van der Waals surface area contributed by atoms with Crippen molar-refractivity contribution in [3.05, 3.63) is 170 Å². The summed E-state index contributed by atoms with van der Waals surface area (Å²) in [6, 6.07) is 62.6. The number of furan rings is 1. The summed E-state index contributed by atoms with van der Waals surface area (Å²) >= 11 is 0. The van der Waals surface area contributed by atoms with Crippen LogP contribution in [0.1, 0.15) is 0 Å². The molecule has 0 radical (unpaired) electrons. The van der Waals surface area contributed by atoms with E-state index in [1.165, 1.54) is 97.5 Å². The standard InChI is InChI=1S/C50H28O/c1-3-12-37-29(8-1)16-19-34-26-42(39-14-5-6-15-40(39)47(34)37)43-27-35(28-44-49-38-13-4-2-9-30(38)22-25-45(49)51-50(43)44)36-23-20-33-18-17-31-10-7-11-32-21-24-41(36)48(33)46(31)32/h1-28H. The van der Waals surface area contributed by atoms with E-state index in [1.54, 1.807) is 0 Å². The molecular formula is C50H28O. The monoisotopic (exact) mass is 644 g/mol. The lowest BCUT2D eigenvalue weighted by molar-refractivity contribution is 0.670. The van der Waals surface area contributed by atoms with Crippen molar-refractivity contribution in [1.82, 2.24) is 0 Å². The third kappa shape index (κ3) is 3.70. The number of rotatable bonds is 2. The smallest absolute Gasteiger partial charge is 0.143 e. The van der Waals surface area contributed by atoms with Crippen LogP contribution >= 0.6 is 0 Å². The van der Waals surface area contributed by atoms with E-state index in [0.717, 1.165) is 22.1 Å². The molecule has 0 aliphatic heterocycles. The van der Waals surface area contributed by atoms with Gasteiger partial charge in [-0.15, -0.1) is 0 Å². The molecule has 11 aromatic carbocycles. The number of hydrogen-bond acceptors (Lipinski definition) is 1. The molecule has 0 aliphatic carbocycles. The van der Waals surface area contributed by atoms with E-state index in [9.17, 15) is 0 Å². The first-order valence-electron chi connectivity index (χ1n) is 17.7. The fraction of sp³-hybridized carbons (Fsp3) is 0. The van der Waals surface area contributed by atoms with Crippen molar-refractivity contribution in [2.24, 2.45) is 0 Å². The molecule has 1 heteroatoms. The summed E-state index contributed by atoms with van der Waals surface area (Å²) in [6.45, 7) is 0. The minimum absolute atomic E-state index is 0.911. The quantitative estimate of drug-likeness (QED) is 0.171. The molecular weight excluding hydrogens is 617 g/mol. The molecule has 0 atom stereocenters. The molecule has 0 saturated heterocycles. The zero-order valence-electron chi connectivity index (χ0n) is 27.6. The van der Waals surface area contributed by atoms with Gasteiger partial charge in [0.05, 0.1) is 0 Å². The van der Waals surface area contributed by atoms with E-state index in [4.69, 9.17) is 4.42 Å². The number of hydrogen-bond donors (Lipinski definition) is 0. The Morgan fingerprint density at radius 1 is 0.275 bits per heavy atom. The Hall–Kier alpha value is -6.70. The molecule has 0 aliphatic rings. The van der Waals surface area contributed by atoms with Crippen LogP contribution in [0.4, 0.5) is 0 Å². The maximum Gasteiger partial charge on any atom is 0.143 e. The van der Waals surface area contributed by atoms with Crippen molar-refractivity contribution in [1.29, 1.82) is 0 Å². The van der Waals surface area contributed by atoms with E-state index in [1.807, 2.05) is 0 Å². The Labute approximate surface area is 292 Å². The van der Waals surface area contributed by atoms with Gasteiger partial charge in [-0.3, -0.25) is 0 Å². The van der Waals surface area contributed by atoms with Crippen LogP contribution in [0, 0.1) is 0 Å². The SMILES string of the molecule is c1ccc2c(c1)ccc1cc(-c3cc(-c4ccc5ccc6cccc7ccc4c5c67)cc4c3oc3ccc5ccccc5c34)c3ccccc3c12. The first-order valence-corrected chi connectivity index (χ1v) is 17.7. The van der Waals surface area contributed by atoms with E-state index in [-0.39, 0.29) is 0 Å². The van der Waals surface area contributed by atoms with E-state index < -0.39 is 0 Å². The van der Waals surface area contributed by atoms with Crippen molar-refractivity contribution in [2.75, 3.05) is 0 Å². The summed E-state index contributed by atoms with van der Waals surface area (Å²) in [4.78, 5) is 0. The zero-order valence-corrected chi connectivity index (χ0v) is 27.6. The molecule has 0 fully saturated rings. The van der Waals surface area contributed by atoms with Gasteiger partial charge in [0, 0.05) is 16.3 Å². The second-order valence-corrected chi connectivity index (χ2v) is 14.0. The molecule has 1 nitrogen and oxygen atoms in total. The highest BCUT2D eigenvalue weighted by molar-refractivity contribution is 6.28. The first kappa shape index (κ1) is 27.2. The summed E-state index contributed by atoms with van der Waals surface area (Å²) in [6.07, 6.45) is 0. The second kappa shape index (κ2) is 9.94. The summed E-state index contributed by atoms with van der Waals surface area (Å²) in [7, 11) is 0. The van der Waals surface area contributed by atoms with Crippen molar-refractivity contribution in [3.8, 4) is 22.3 Å². The van der Waals surface area contributed by atoms with Gasteiger partial charge >= 0.3 is 0 Å². The van der Waals surface area contributed by atoms with Gasteiger partial charge < -0.3 is 4.42 Å². The lowest BCUT2D eigenvalue weighted by atomic mass is 9.86. The van der Waals surface area contributed by atoms with Crippen LogP contribution in [-0.2, 0) is 0 Å². The fourth-order valence-electron chi connectivity index (χ4n) is 9.09. The molecule has 0 unspecified atom stereocenters. The predicted molar refractivity (Wildman–Crippen MR) is 218 cm³/mol. The normalized spacial score (nSPS) is 12.3. The van der Waals surface area contributed by atoms with Gasteiger partial charge in [-0.1, -0.05) is 146 Å². The van der Waals surface area contributed by atoms with Gasteiger partial charge in [0.25, 0.3) is 0 Å². The average Bonchev–Trinajstić information content (AvgIpc) is 3.58. The summed E-state index contributed by atoms with van der Waals surface area (Å²) in [5, 5.41) is 20.0. The van der Waals surface area contributed by atoms with Gasteiger partial charge in [0.1, 0.15) is 11.2 Å². The third-order valence-electron chi connectivity index (χ3n) is 11.3. The van der Waals surface area contributed by atoms with Crippen LogP contribution in [0.3, 0.4) is 0 Å². The Bertz CT molecular complexity index is 3400. The highest BCUT2D eigenvalue weighted by Gasteiger charge is 2.21. The van der Waals surface area contributed by atoms with Crippen molar-refractivity contribution in [3.63, 3.8) is 0 Å². The topological polar surface area (TPSA) is 13.1 Å². The molecule has 12 aromatic rings. The molecule has 12 rings (SSSR count). The van der Waals surface area contributed by atoms with Gasteiger partial charge in [-0.05, 0) is 116 Å². The van der Waals surface area contributed by atoms with Crippen LogP contribution in [0.15, 0.2) is 174 Å². The highest BCUT2D eigenvalue weighted by atomic mass is 16.3. The number of fused-ring (bicyclic) bond motifs is 10. The van der Waals surface area contributed by atoms with Crippen LogP contribution < -0.4 is 0 Å².